The van der Waals surface area contributed by atoms with Crippen molar-refractivity contribution in [2.75, 3.05) is 20.1 Å². The highest BCUT2D eigenvalue weighted by atomic mass is 35.5. The molecule has 1 aliphatic heterocycles. The summed E-state index contributed by atoms with van der Waals surface area (Å²) in [5.74, 6) is 0.960. The predicted molar refractivity (Wildman–Crippen MR) is 90.1 cm³/mol. The number of likely N-dealkylation sites (tertiary alicyclic amines) is 1. The molecule has 1 fully saturated rings. The largest absolute Gasteiger partial charge is 0.352 e. The van der Waals surface area contributed by atoms with Gasteiger partial charge in [-0.15, -0.1) is 0 Å². The van der Waals surface area contributed by atoms with E-state index in [1.54, 1.807) is 7.05 Å². The lowest BCUT2D eigenvalue weighted by molar-refractivity contribution is -0.129. The van der Waals surface area contributed by atoms with Gasteiger partial charge in [-0.3, -0.25) is 9.79 Å². The van der Waals surface area contributed by atoms with E-state index in [1.807, 2.05) is 36.1 Å². The second-order valence-electron chi connectivity index (χ2n) is 5.38. The fraction of sp³-hybridized carbons (Fsp3) is 0.500. The number of aliphatic imine (C=N–C) groups is 1. The predicted octanol–water partition coefficient (Wildman–Crippen LogP) is 2.02. The van der Waals surface area contributed by atoms with Crippen molar-refractivity contribution in [2.24, 2.45) is 4.99 Å². The molecule has 0 saturated carbocycles. The van der Waals surface area contributed by atoms with Crippen molar-refractivity contribution in [3.8, 4) is 0 Å². The number of benzene rings is 1. The average Bonchev–Trinajstić information content (AvgIpc) is 2.99. The topological polar surface area (TPSA) is 56.7 Å². The number of carbonyl (C=O) groups is 1. The van der Waals surface area contributed by atoms with E-state index < -0.39 is 0 Å². The molecule has 1 saturated heterocycles. The molecule has 1 atom stereocenters. The molecule has 22 heavy (non-hydrogen) atoms. The highest BCUT2D eigenvalue weighted by Gasteiger charge is 2.25. The maximum atomic E-state index is 11.7. The van der Waals surface area contributed by atoms with E-state index in [-0.39, 0.29) is 11.9 Å². The van der Waals surface area contributed by atoms with E-state index in [9.17, 15) is 4.79 Å². The van der Waals surface area contributed by atoms with Gasteiger partial charge in [0.2, 0.25) is 5.91 Å². The lowest BCUT2D eigenvalue weighted by atomic mass is 10.2. The van der Waals surface area contributed by atoms with Gasteiger partial charge in [-0.2, -0.15) is 0 Å². The van der Waals surface area contributed by atoms with Crippen LogP contribution in [-0.2, 0) is 11.3 Å². The Kier molecular flexibility index (Phi) is 6.07. The Morgan fingerprint density at radius 1 is 1.50 bits per heavy atom. The van der Waals surface area contributed by atoms with Crippen LogP contribution >= 0.6 is 11.6 Å². The molecule has 0 aromatic heterocycles. The fourth-order valence-corrected chi connectivity index (χ4v) is 2.76. The van der Waals surface area contributed by atoms with Crippen LogP contribution in [0.4, 0.5) is 0 Å². The first-order chi connectivity index (χ1) is 10.6. The molecular formula is C16H23ClN4O. The summed E-state index contributed by atoms with van der Waals surface area (Å²) < 4.78 is 0. The van der Waals surface area contributed by atoms with E-state index in [2.05, 4.69) is 15.6 Å². The Morgan fingerprint density at radius 3 is 3.00 bits per heavy atom. The highest BCUT2D eigenvalue weighted by molar-refractivity contribution is 6.30. The van der Waals surface area contributed by atoms with Crippen molar-refractivity contribution in [3.05, 3.63) is 34.9 Å². The van der Waals surface area contributed by atoms with Gasteiger partial charge < -0.3 is 15.5 Å². The van der Waals surface area contributed by atoms with Crippen LogP contribution in [0.1, 0.15) is 25.3 Å². The number of nitrogens with one attached hydrogen (secondary N) is 2. The molecule has 6 heteroatoms. The molecule has 2 rings (SSSR count). The summed E-state index contributed by atoms with van der Waals surface area (Å²) in [5.41, 5.74) is 1.10. The molecule has 0 aliphatic carbocycles. The molecule has 5 nitrogen and oxygen atoms in total. The molecular weight excluding hydrogens is 300 g/mol. The highest BCUT2D eigenvalue weighted by Crippen LogP contribution is 2.11. The van der Waals surface area contributed by atoms with Gasteiger partial charge in [0.15, 0.2) is 5.96 Å². The number of halogens is 1. The molecule has 1 aromatic carbocycles. The summed E-state index contributed by atoms with van der Waals surface area (Å²) in [6, 6.07) is 7.99. The van der Waals surface area contributed by atoms with Gasteiger partial charge in [0.1, 0.15) is 0 Å². The van der Waals surface area contributed by atoms with E-state index in [0.29, 0.717) is 13.0 Å². The van der Waals surface area contributed by atoms with Gasteiger partial charge in [0.25, 0.3) is 0 Å². The maximum absolute atomic E-state index is 11.7. The minimum absolute atomic E-state index is 0.214. The van der Waals surface area contributed by atoms with Gasteiger partial charge in [0, 0.05) is 44.2 Å². The van der Waals surface area contributed by atoms with Gasteiger partial charge >= 0.3 is 0 Å². The molecule has 0 radical (unpaired) electrons. The minimum atomic E-state index is 0.214. The molecule has 2 N–H and O–H groups in total. The van der Waals surface area contributed by atoms with Gasteiger partial charge in [0.05, 0.1) is 0 Å². The Labute approximate surface area is 136 Å². The molecule has 1 aliphatic rings. The van der Waals surface area contributed by atoms with E-state index in [0.717, 1.165) is 36.1 Å². The van der Waals surface area contributed by atoms with Crippen LogP contribution in [-0.4, -0.2) is 42.9 Å². The summed E-state index contributed by atoms with van der Waals surface area (Å²) in [7, 11) is 1.75. The number of carbonyl (C=O) groups excluding carboxylic acids is 1. The number of guanidine groups is 1. The molecule has 1 amide bonds. The Bertz CT molecular complexity index is 547. The van der Waals surface area contributed by atoms with Crippen LogP contribution in [0.5, 0.6) is 0 Å². The zero-order valence-corrected chi connectivity index (χ0v) is 13.9. The van der Waals surface area contributed by atoms with Crippen molar-refractivity contribution in [1.82, 2.24) is 15.5 Å². The van der Waals surface area contributed by atoms with E-state index in [4.69, 9.17) is 11.6 Å². The zero-order valence-electron chi connectivity index (χ0n) is 13.1. The van der Waals surface area contributed by atoms with Crippen molar-refractivity contribution in [3.63, 3.8) is 0 Å². The van der Waals surface area contributed by atoms with Crippen molar-refractivity contribution < 1.29 is 4.79 Å². The van der Waals surface area contributed by atoms with Crippen LogP contribution in [0.25, 0.3) is 0 Å². The second kappa shape index (κ2) is 8.03. The summed E-state index contributed by atoms with van der Waals surface area (Å²) in [6.07, 6.45) is 1.51. The standard InChI is InChI=1S/C16H23ClN4O/c1-3-15(22)21-8-7-14(11-21)20-16(18-2)19-10-12-5-4-6-13(17)9-12/h4-6,9,14H,3,7-8,10-11H2,1-2H3,(H2,18,19,20). The number of hydrogen-bond acceptors (Lipinski definition) is 2. The van der Waals surface area contributed by atoms with E-state index in [1.165, 1.54) is 0 Å². The normalized spacial score (nSPS) is 18.4. The summed E-state index contributed by atoms with van der Waals surface area (Å²) >= 11 is 5.98. The lowest BCUT2D eigenvalue weighted by Gasteiger charge is -2.18. The molecule has 120 valence electrons. The van der Waals surface area contributed by atoms with Crippen molar-refractivity contribution in [2.45, 2.75) is 32.4 Å². The van der Waals surface area contributed by atoms with Crippen molar-refractivity contribution >= 4 is 23.5 Å². The third kappa shape index (κ3) is 4.63. The minimum Gasteiger partial charge on any atom is -0.352 e. The molecule has 1 aromatic rings. The van der Waals surface area contributed by atoms with Gasteiger partial charge in [-0.25, -0.2) is 0 Å². The number of amides is 1. The van der Waals surface area contributed by atoms with Crippen LogP contribution in [0, 0.1) is 0 Å². The van der Waals surface area contributed by atoms with Crippen LogP contribution in [0.2, 0.25) is 5.02 Å². The average molecular weight is 323 g/mol. The molecule has 1 heterocycles. The van der Waals surface area contributed by atoms with Crippen LogP contribution < -0.4 is 10.6 Å². The first-order valence-electron chi connectivity index (χ1n) is 7.61. The quantitative estimate of drug-likeness (QED) is 0.658. The fourth-order valence-electron chi connectivity index (χ4n) is 2.55. The monoisotopic (exact) mass is 322 g/mol. The SMILES string of the molecule is CCC(=O)N1CCC(NC(=NC)NCc2cccc(Cl)c2)C1. The number of nitrogens with zero attached hydrogens (tertiary/aromatic N) is 2. The molecule has 0 bridgehead atoms. The van der Waals surface area contributed by atoms with Crippen molar-refractivity contribution in [1.29, 1.82) is 0 Å². The second-order valence-corrected chi connectivity index (χ2v) is 5.82. The first kappa shape index (κ1) is 16.6. The third-order valence-corrected chi connectivity index (χ3v) is 3.99. The first-order valence-corrected chi connectivity index (χ1v) is 7.99. The maximum Gasteiger partial charge on any atom is 0.222 e. The lowest BCUT2D eigenvalue weighted by Crippen LogP contribution is -2.44. The smallest absolute Gasteiger partial charge is 0.222 e. The van der Waals surface area contributed by atoms with Gasteiger partial charge in [-0.1, -0.05) is 30.7 Å². The summed E-state index contributed by atoms with van der Waals surface area (Å²) in [6.45, 7) is 4.11. The molecule has 1 unspecified atom stereocenters. The Hall–Kier alpha value is -1.75. The van der Waals surface area contributed by atoms with Crippen LogP contribution in [0.15, 0.2) is 29.3 Å². The van der Waals surface area contributed by atoms with E-state index >= 15 is 0 Å². The van der Waals surface area contributed by atoms with Gasteiger partial charge in [-0.05, 0) is 24.1 Å². The summed E-state index contributed by atoms with van der Waals surface area (Å²) in [4.78, 5) is 17.8. The Morgan fingerprint density at radius 2 is 2.32 bits per heavy atom. The Balaban J connectivity index is 1.82. The number of rotatable bonds is 4. The molecule has 0 spiro atoms. The number of hydrogen-bond donors (Lipinski definition) is 2. The van der Waals surface area contributed by atoms with Crippen LogP contribution in [0.3, 0.4) is 0 Å². The zero-order chi connectivity index (χ0) is 15.9. The summed E-state index contributed by atoms with van der Waals surface area (Å²) in [5, 5.41) is 7.37. The third-order valence-electron chi connectivity index (χ3n) is 3.76.